The van der Waals surface area contributed by atoms with Gasteiger partial charge in [-0.25, -0.2) is 0 Å². The Balaban J connectivity index is 1.98. The normalized spacial score (nSPS) is 21.1. The summed E-state index contributed by atoms with van der Waals surface area (Å²) >= 11 is 0. The predicted molar refractivity (Wildman–Crippen MR) is 74.2 cm³/mol. The predicted octanol–water partition coefficient (Wildman–Crippen LogP) is 2.96. The molecule has 0 fully saturated rings. The van der Waals surface area contributed by atoms with Crippen molar-refractivity contribution in [3.63, 3.8) is 0 Å². The molecule has 2 aromatic carbocycles. The highest BCUT2D eigenvalue weighted by atomic mass is 16.5. The lowest BCUT2D eigenvalue weighted by atomic mass is 9.87. The van der Waals surface area contributed by atoms with Crippen molar-refractivity contribution in [2.75, 3.05) is 13.7 Å². The summed E-state index contributed by atoms with van der Waals surface area (Å²) in [6.07, 6.45) is -0.135. The van der Waals surface area contributed by atoms with E-state index in [4.69, 9.17) is 9.47 Å². The maximum absolute atomic E-state index is 9.51. The summed E-state index contributed by atoms with van der Waals surface area (Å²) in [6.45, 7) is 0.472. The molecule has 20 heavy (non-hydrogen) atoms. The Morgan fingerprint density at radius 1 is 1.05 bits per heavy atom. The van der Waals surface area contributed by atoms with Gasteiger partial charge in [-0.3, -0.25) is 0 Å². The van der Waals surface area contributed by atoms with Gasteiger partial charge in [-0.2, -0.15) is 0 Å². The van der Waals surface area contributed by atoms with Crippen LogP contribution >= 0.6 is 0 Å². The summed E-state index contributed by atoms with van der Waals surface area (Å²) in [5.74, 6) is 1.14. The van der Waals surface area contributed by atoms with Gasteiger partial charge in [-0.15, -0.1) is 0 Å². The minimum Gasteiger partial charge on any atom is -0.508 e. The summed E-state index contributed by atoms with van der Waals surface area (Å²) in [5, 5.41) is 18.9. The molecule has 2 N–H and O–H groups in total. The molecule has 2 unspecified atom stereocenters. The van der Waals surface area contributed by atoms with Crippen LogP contribution in [0.1, 0.15) is 23.1 Å². The van der Waals surface area contributed by atoms with Crippen molar-refractivity contribution in [3.05, 3.63) is 53.6 Å². The Morgan fingerprint density at radius 2 is 1.75 bits per heavy atom. The number of benzene rings is 2. The van der Waals surface area contributed by atoms with Crippen molar-refractivity contribution in [3.8, 4) is 17.2 Å². The summed E-state index contributed by atoms with van der Waals surface area (Å²) in [7, 11) is 1.67. The number of phenolic OH excluding ortho intramolecular Hbond substituents is 2. The lowest BCUT2D eigenvalue weighted by Crippen LogP contribution is -2.25. The number of hydrogen-bond donors (Lipinski definition) is 2. The fraction of sp³-hybridized carbons (Fsp3) is 0.250. The van der Waals surface area contributed by atoms with Crippen LogP contribution in [0.3, 0.4) is 0 Å². The molecule has 3 rings (SSSR count). The molecule has 0 aromatic heterocycles. The van der Waals surface area contributed by atoms with Crippen LogP contribution in [0, 0.1) is 0 Å². The molecular formula is C16H16O4. The molecule has 0 amide bonds. The Labute approximate surface area is 117 Å². The number of ether oxygens (including phenoxy) is 2. The standard InChI is InChI=1S/C16H16O4/c1-19-16-13-7-6-12(18)8-15(13)20-9-14(16)10-2-4-11(17)5-3-10/h2-8,14,16-18H,9H2,1H3. The average molecular weight is 272 g/mol. The van der Waals surface area contributed by atoms with Crippen LogP contribution in [-0.4, -0.2) is 23.9 Å². The van der Waals surface area contributed by atoms with E-state index in [0.29, 0.717) is 12.4 Å². The van der Waals surface area contributed by atoms with Gasteiger partial charge >= 0.3 is 0 Å². The molecule has 0 saturated carbocycles. The van der Waals surface area contributed by atoms with E-state index < -0.39 is 0 Å². The lowest BCUT2D eigenvalue weighted by Gasteiger charge is -2.33. The first-order valence-electron chi connectivity index (χ1n) is 6.46. The highest BCUT2D eigenvalue weighted by molar-refractivity contribution is 5.45. The van der Waals surface area contributed by atoms with Crippen molar-refractivity contribution < 1.29 is 19.7 Å². The van der Waals surface area contributed by atoms with E-state index in [1.807, 2.05) is 18.2 Å². The van der Waals surface area contributed by atoms with Crippen LogP contribution in [0.15, 0.2) is 42.5 Å². The second-order valence-electron chi connectivity index (χ2n) is 4.89. The van der Waals surface area contributed by atoms with Crippen molar-refractivity contribution in [1.82, 2.24) is 0 Å². The summed E-state index contributed by atoms with van der Waals surface area (Å²) < 4.78 is 11.4. The molecular weight excluding hydrogens is 256 g/mol. The second kappa shape index (κ2) is 5.06. The molecule has 0 spiro atoms. The van der Waals surface area contributed by atoms with Crippen LogP contribution in [0.5, 0.6) is 17.2 Å². The molecule has 4 nitrogen and oxygen atoms in total. The topological polar surface area (TPSA) is 58.9 Å². The maximum Gasteiger partial charge on any atom is 0.128 e. The van der Waals surface area contributed by atoms with Gasteiger partial charge in [-0.1, -0.05) is 12.1 Å². The van der Waals surface area contributed by atoms with Gasteiger partial charge in [0.05, 0.1) is 12.7 Å². The third-order valence-electron chi connectivity index (χ3n) is 3.66. The van der Waals surface area contributed by atoms with Gasteiger partial charge in [-0.05, 0) is 29.8 Å². The second-order valence-corrected chi connectivity index (χ2v) is 4.89. The molecule has 2 aromatic rings. The zero-order valence-corrected chi connectivity index (χ0v) is 11.1. The number of methoxy groups -OCH3 is 1. The smallest absolute Gasteiger partial charge is 0.128 e. The summed E-state index contributed by atoms with van der Waals surface area (Å²) in [6, 6.07) is 12.1. The van der Waals surface area contributed by atoms with Gasteiger partial charge in [0.25, 0.3) is 0 Å². The number of aromatic hydroxyl groups is 2. The van der Waals surface area contributed by atoms with Crippen LogP contribution in [0.2, 0.25) is 0 Å². The van der Waals surface area contributed by atoms with E-state index in [0.717, 1.165) is 11.1 Å². The number of rotatable bonds is 2. The lowest BCUT2D eigenvalue weighted by molar-refractivity contribution is 0.0427. The third kappa shape index (κ3) is 2.18. The molecule has 0 saturated heterocycles. The molecule has 1 heterocycles. The number of hydrogen-bond acceptors (Lipinski definition) is 4. The van der Waals surface area contributed by atoms with E-state index in [9.17, 15) is 10.2 Å². The zero-order chi connectivity index (χ0) is 14.1. The highest BCUT2D eigenvalue weighted by Crippen LogP contribution is 2.43. The molecule has 2 atom stereocenters. The van der Waals surface area contributed by atoms with Crippen molar-refractivity contribution in [2.45, 2.75) is 12.0 Å². The van der Waals surface area contributed by atoms with Crippen molar-refractivity contribution in [2.24, 2.45) is 0 Å². The SMILES string of the molecule is COC1c2ccc(O)cc2OCC1c1ccc(O)cc1. The highest BCUT2D eigenvalue weighted by Gasteiger charge is 2.32. The summed E-state index contributed by atoms with van der Waals surface area (Å²) in [5.41, 5.74) is 1.98. The minimum atomic E-state index is -0.135. The molecule has 0 radical (unpaired) electrons. The average Bonchev–Trinajstić information content (AvgIpc) is 2.46. The van der Waals surface area contributed by atoms with Crippen LogP contribution in [-0.2, 0) is 4.74 Å². The molecule has 104 valence electrons. The van der Waals surface area contributed by atoms with Gasteiger partial charge in [0, 0.05) is 24.7 Å². The molecule has 0 bridgehead atoms. The van der Waals surface area contributed by atoms with Crippen molar-refractivity contribution in [1.29, 1.82) is 0 Å². The third-order valence-corrected chi connectivity index (χ3v) is 3.66. The van der Waals surface area contributed by atoms with Crippen LogP contribution in [0.4, 0.5) is 0 Å². The van der Waals surface area contributed by atoms with Gasteiger partial charge < -0.3 is 19.7 Å². The minimum absolute atomic E-state index is 0.0534. The monoisotopic (exact) mass is 272 g/mol. The Morgan fingerprint density at radius 3 is 2.45 bits per heavy atom. The van der Waals surface area contributed by atoms with Crippen LogP contribution in [0.25, 0.3) is 0 Å². The van der Waals surface area contributed by atoms with Gasteiger partial charge in [0.15, 0.2) is 0 Å². The number of fused-ring (bicyclic) bond motifs is 1. The first kappa shape index (κ1) is 12.8. The van der Waals surface area contributed by atoms with E-state index in [1.165, 1.54) is 0 Å². The van der Waals surface area contributed by atoms with Gasteiger partial charge in [0.2, 0.25) is 0 Å². The first-order valence-corrected chi connectivity index (χ1v) is 6.46. The molecule has 0 aliphatic carbocycles. The van der Waals surface area contributed by atoms with Gasteiger partial charge in [0.1, 0.15) is 17.2 Å². The molecule has 1 aliphatic heterocycles. The Bertz CT molecular complexity index is 606. The van der Waals surface area contributed by atoms with E-state index in [2.05, 4.69) is 0 Å². The fourth-order valence-electron chi connectivity index (χ4n) is 2.65. The molecule has 4 heteroatoms. The maximum atomic E-state index is 9.51. The summed E-state index contributed by atoms with van der Waals surface area (Å²) in [4.78, 5) is 0. The van der Waals surface area contributed by atoms with E-state index >= 15 is 0 Å². The zero-order valence-electron chi connectivity index (χ0n) is 11.1. The quantitative estimate of drug-likeness (QED) is 0.882. The molecule has 1 aliphatic rings. The van der Waals surface area contributed by atoms with E-state index in [1.54, 1.807) is 31.4 Å². The number of phenols is 2. The largest absolute Gasteiger partial charge is 0.508 e. The first-order chi connectivity index (χ1) is 9.69. The fourth-order valence-corrected chi connectivity index (χ4v) is 2.65. The van der Waals surface area contributed by atoms with E-state index in [-0.39, 0.29) is 23.5 Å². The van der Waals surface area contributed by atoms with Crippen molar-refractivity contribution >= 4 is 0 Å². The Hall–Kier alpha value is -2.20. The Kier molecular flexibility index (Phi) is 3.24. The van der Waals surface area contributed by atoms with Crippen LogP contribution < -0.4 is 4.74 Å².